The van der Waals surface area contributed by atoms with Gasteiger partial charge in [0.05, 0.1) is 19.2 Å². The molecular formula is C20H18N2O5. The van der Waals surface area contributed by atoms with Gasteiger partial charge in [-0.2, -0.15) is 0 Å². The standard InChI is InChI=1S/C20H18N2O5/c1-12-16(22-20(27-12)13-4-3-5-15(8-13)24-2)10-19(23)21-14-6-7-17-18(9-14)26-11-25-17/h3-9H,10-11H2,1-2H3,(H,21,23). The Bertz CT molecular complexity index is 996. The molecule has 2 heterocycles. The summed E-state index contributed by atoms with van der Waals surface area (Å²) in [5, 5.41) is 2.84. The van der Waals surface area contributed by atoms with Crippen molar-refractivity contribution in [2.24, 2.45) is 0 Å². The van der Waals surface area contributed by atoms with Gasteiger partial charge < -0.3 is 23.9 Å². The molecule has 1 aliphatic heterocycles. The molecule has 7 nitrogen and oxygen atoms in total. The maximum absolute atomic E-state index is 12.4. The van der Waals surface area contributed by atoms with Gasteiger partial charge in [-0.1, -0.05) is 6.07 Å². The molecule has 138 valence electrons. The molecule has 1 aliphatic rings. The summed E-state index contributed by atoms with van der Waals surface area (Å²) in [5.74, 6) is 2.87. The summed E-state index contributed by atoms with van der Waals surface area (Å²) in [6.45, 7) is 1.98. The molecular weight excluding hydrogens is 348 g/mol. The molecule has 27 heavy (non-hydrogen) atoms. The zero-order valence-corrected chi connectivity index (χ0v) is 14.9. The van der Waals surface area contributed by atoms with E-state index in [1.54, 1.807) is 32.2 Å². The van der Waals surface area contributed by atoms with E-state index in [4.69, 9.17) is 18.6 Å². The van der Waals surface area contributed by atoms with Crippen LogP contribution >= 0.6 is 0 Å². The van der Waals surface area contributed by atoms with E-state index in [0.29, 0.717) is 40.3 Å². The first-order valence-electron chi connectivity index (χ1n) is 8.42. The van der Waals surface area contributed by atoms with Gasteiger partial charge in [-0.15, -0.1) is 0 Å². The lowest BCUT2D eigenvalue weighted by atomic mass is 10.2. The first kappa shape index (κ1) is 17.0. The molecule has 0 saturated heterocycles. The van der Waals surface area contributed by atoms with Crippen LogP contribution in [0.15, 0.2) is 46.9 Å². The normalized spacial score (nSPS) is 12.1. The second-order valence-corrected chi connectivity index (χ2v) is 6.05. The number of hydrogen-bond acceptors (Lipinski definition) is 6. The van der Waals surface area contributed by atoms with Crippen molar-refractivity contribution in [2.75, 3.05) is 19.2 Å². The summed E-state index contributed by atoms with van der Waals surface area (Å²) in [6, 6.07) is 12.7. The predicted octanol–water partition coefficient (Wildman–Crippen LogP) is 3.57. The van der Waals surface area contributed by atoms with Crippen LogP contribution in [0.1, 0.15) is 11.5 Å². The van der Waals surface area contributed by atoms with Crippen molar-refractivity contribution in [1.29, 1.82) is 0 Å². The molecule has 2 aromatic carbocycles. The van der Waals surface area contributed by atoms with Crippen molar-refractivity contribution in [3.63, 3.8) is 0 Å². The molecule has 3 aromatic rings. The minimum atomic E-state index is -0.192. The lowest BCUT2D eigenvalue weighted by molar-refractivity contribution is -0.115. The van der Waals surface area contributed by atoms with Gasteiger partial charge in [0.2, 0.25) is 18.6 Å². The van der Waals surface area contributed by atoms with Gasteiger partial charge in [0.15, 0.2) is 11.5 Å². The number of ether oxygens (including phenoxy) is 3. The fourth-order valence-corrected chi connectivity index (χ4v) is 2.80. The minimum absolute atomic E-state index is 0.105. The van der Waals surface area contributed by atoms with Crippen LogP contribution in [-0.2, 0) is 11.2 Å². The van der Waals surface area contributed by atoms with Crippen LogP contribution in [0.4, 0.5) is 5.69 Å². The quantitative estimate of drug-likeness (QED) is 0.743. The Morgan fingerprint density at radius 2 is 2.04 bits per heavy atom. The smallest absolute Gasteiger partial charge is 0.231 e. The highest BCUT2D eigenvalue weighted by Gasteiger charge is 2.17. The van der Waals surface area contributed by atoms with E-state index in [1.165, 1.54) is 0 Å². The minimum Gasteiger partial charge on any atom is -0.497 e. The summed E-state index contributed by atoms with van der Waals surface area (Å²) in [5.41, 5.74) is 2.02. The number of nitrogens with zero attached hydrogens (tertiary/aromatic N) is 1. The van der Waals surface area contributed by atoms with Crippen LogP contribution in [-0.4, -0.2) is 24.8 Å². The monoisotopic (exact) mass is 366 g/mol. The largest absolute Gasteiger partial charge is 0.497 e. The maximum atomic E-state index is 12.4. The van der Waals surface area contributed by atoms with Crippen molar-refractivity contribution in [3.05, 3.63) is 53.9 Å². The number of carbonyl (C=O) groups is 1. The van der Waals surface area contributed by atoms with Crippen LogP contribution in [0.3, 0.4) is 0 Å². The zero-order chi connectivity index (χ0) is 18.8. The molecule has 0 saturated carbocycles. The topological polar surface area (TPSA) is 82.8 Å². The number of amides is 1. The summed E-state index contributed by atoms with van der Waals surface area (Å²) < 4.78 is 21.5. The molecule has 0 spiro atoms. The second kappa shape index (κ2) is 7.03. The number of rotatable bonds is 5. The van der Waals surface area contributed by atoms with E-state index in [0.717, 1.165) is 5.56 Å². The van der Waals surface area contributed by atoms with Crippen molar-refractivity contribution in [3.8, 4) is 28.7 Å². The van der Waals surface area contributed by atoms with Gasteiger partial charge in [0.1, 0.15) is 11.5 Å². The molecule has 0 fully saturated rings. The third-order valence-electron chi connectivity index (χ3n) is 4.19. The number of carbonyl (C=O) groups excluding carboxylic acids is 1. The molecule has 0 radical (unpaired) electrons. The molecule has 1 amide bonds. The number of oxazole rings is 1. The maximum Gasteiger partial charge on any atom is 0.231 e. The highest BCUT2D eigenvalue weighted by molar-refractivity contribution is 5.92. The summed E-state index contributed by atoms with van der Waals surface area (Å²) in [4.78, 5) is 16.9. The Labute approximate surface area is 155 Å². The average Bonchev–Trinajstić information content (AvgIpc) is 3.28. The molecule has 0 aliphatic carbocycles. The second-order valence-electron chi connectivity index (χ2n) is 6.05. The highest BCUT2D eigenvalue weighted by Crippen LogP contribution is 2.34. The van der Waals surface area contributed by atoms with Gasteiger partial charge >= 0.3 is 0 Å². The molecule has 4 rings (SSSR count). The fourth-order valence-electron chi connectivity index (χ4n) is 2.80. The number of aryl methyl sites for hydroxylation is 1. The lowest BCUT2D eigenvalue weighted by Gasteiger charge is -2.05. The molecule has 1 N–H and O–H groups in total. The zero-order valence-electron chi connectivity index (χ0n) is 14.9. The number of benzene rings is 2. The Morgan fingerprint density at radius 3 is 2.89 bits per heavy atom. The third-order valence-corrected chi connectivity index (χ3v) is 4.19. The molecule has 0 atom stereocenters. The van der Waals surface area contributed by atoms with E-state index in [9.17, 15) is 4.79 Å². The Kier molecular flexibility index (Phi) is 4.42. The number of nitrogens with one attached hydrogen (secondary N) is 1. The Hall–Kier alpha value is -3.48. The first-order chi connectivity index (χ1) is 13.1. The van der Waals surface area contributed by atoms with Gasteiger partial charge in [0, 0.05) is 17.3 Å². The van der Waals surface area contributed by atoms with E-state index in [2.05, 4.69) is 10.3 Å². The van der Waals surface area contributed by atoms with Crippen LogP contribution in [0.5, 0.6) is 17.2 Å². The number of methoxy groups -OCH3 is 1. The van der Waals surface area contributed by atoms with Crippen molar-refractivity contribution < 1.29 is 23.4 Å². The molecule has 1 aromatic heterocycles. The number of aromatic nitrogens is 1. The van der Waals surface area contributed by atoms with Gasteiger partial charge in [0.25, 0.3) is 0 Å². The predicted molar refractivity (Wildman–Crippen MR) is 98.1 cm³/mol. The van der Waals surface area contributed by atoms with Crippen molar-refractivity contribution >= 4 is 11.6 Å². The van der Waals surface area contributed by atoms with Gasteiger partial charge in [-0.05, 0) is 37.3 Å². The fraction of sp³-hybridized carbons (Fsp3) is 0.200. The van der Waals surface area contributed by atoms with Crippen LogP contribution in [0.2, 0.25) is 0 Å². The van der Waals surface area contributed by atoms with Gasteiger partial charge in [-0.25, -0.2) is 4.98 Å². The van der Waals surface area contributed by atoms with Gasteiger partial charge in [-0.3, -0.25) is 4.79 Å². The number of fused-ring (bicyclic) bond motifs is 1. The Balaban J connectivity index is 1.47. The third kappa shape index (κ3) is 3.57. The summed E-state index contributed by atoms with van der Waals surface area (Å²) in [6.07, 6.45) is 0.105. The Morgan fingerprint density at radius 1 is 1.19 bits per heavy atom. The molecule has 0 unspecified atom stereocenters. The highest BCUT2D eigenvalue weighted by atomic mass is 16.7. The van der Waals surface area contributed by atoms with E-state index >= 15 is 0 Å². The van der Waals surface area contributed by atoms with E-state index < -0.39 is 0 Å². The van der Waals surface area contributed by atoms with E-state index in [-0.39, 0.29) is 19.1 Å². The first-order valence-corrected chi connectivity index (χ1v) is 8.42. The SMILES string of the molecule is COc1cccc(-c2nc(CC(=O)Nc3ccc4c(c3)OCO4)c(C)o2)c1. The van der Waals surface area contributed by atoms with Crippen molar-refractivity contribution in [2.45, 2.75) is 13.3 Å². The van der Waals surface area contributed by atoms with Crippen LogP contribution in [0.25, 0.3) is 11.5 Å². The van der Waals surface area contributed by atoms with Crippen LogP contribution < -0.4 is 19.5 Å². The number of hydrogen-bond donors (Lipinski definition) is 1. The van der Waals surface area contributed by atoms with Crippen LogP contribution in [0, 0.1) is 6.92 Å². The molecule has 0 bridgehead atoms. The summed E-state index contributed by atoms with van der Waals surface area (Å²) >= 11 is 0. The lowest BCUT2D eigenvalue weighted by Crippen LogP contribution is -2.15. The molecule has 7 heteroatoms. The number of anilines is 1. The van der Waals surface area contributed by atoms with Crippen molar-refractivity contribution in [1.82, 2.24) is 4.98 Å². The average molecular weight is 366 g/mol. The van der Waals surface area contributed by atoms with E-state index in [1.807, 2.05) is 24.3 Å². The summed E-state index contributed by atoms with van der Waals surface area (Å²) in [7, 11) is 1.60.